The van der Waals surface area contributed by atoms with E-state index in [1.165, 1.54) is 0 Å². The van der Waals surface area contributed by atoms with Gasteiger partial charge in [0.1, 0.15) is 5.69 Å². The Bertz CT molecular complexity index is 795. The quantitative estimate of drug-likeness (QED) is 0.736. The second-order valence-electron chi connectivity index (χ2n) is 5.05. The number of pyridine rings is 2. The van der Waals surface area contributed by atoms with Crippen LogP contribution in [0.15, 0.2) is 41.7 Å². The van der Waals surface area contributed by atoms with Gasteiger partial charge in [-0.1, -0.05) is 6.92 Å². The van der Waals surface area contributed by atoms with Crippen molar-refractivity contribution in [3.05, 3.63) is 48.2 Å². The van der Waals surface area contributed by atoms with Crippen LogP contribution in [0.4, 0.5) is 0 Å². The van der Waals surface area contributed by atoms with Gasteiger partial charge < -0.3 is 4.98 Å². The lowest BCUT2D eigenvalue weighted by molar-refractivity contribution is 1.04. The van der Waals surface area contributed by atoms with E-state index in [0.717, 1.165) is 45.3 Å². The lowest BCUT2D eigenvalue weighted by Crippen LogP contribution is -1.88. The van der Waals surface area contributed by atoms with Crippen molar-refractivity contribution in [2.24, 2.45) is 0 Å². The summed E-state index contributed by atoms with van der Waals surface area (Å²) >= 11 is 1.69. The lowest BCUT2D eigenvalue weighted by atomic mass is 10.1. The third kappa shape index (κ3) is 2.90. The molecule has 3 heterocycles. The molecule has 0 saturated heterocycles. The highest BCUT2D eigenvalue weighted by atomic mass is 32.2. The molecule has 0 radical (unpaired) electrons. The number of hydrogen-bond acceptors (Lipinski definition) is 4. The van der Waals surface area contributed by atoms with Crippen molar-refractivity contribution < 1.29 is 0 Å². The van der Waals surface area contributed by atoms with Crippen molar-refractivity contribution in [3.63, 3.8) is 0 Å². The number of imidazole rings is 1. The van der Waals surface area contributed by atoms with Crippen LogP contribution in [0, 0.1) is 6.92 Å². The van der Waals surface area contributed by atoms with Gasteiger partial charge in [-0.05, 0) is 43.4 Å². The van der Waals surface area contributed by atoms with Crippen molar-refractivity contribution in [1.82, 2.24) is 19.9 Å². The molecule has 0 aromatic carbocycles. The number of aryl methyl sites for hydroxylation is 2. The van der Waals surface area contributed by atoms with E-state index in [2.05, 4.69) is 45.2 Å². The molecule has 5 heteroatoms. The summed E-state index contributed by atoms with van der Waals surface area (Å²) in [6.07, 6.45) is 8.54. The van der Waals surface area contributed by atoms with Gasteiger partial charge in [-0.15, -0.1) is 11.8 Å². The van der Waals surface area contributed by atoms with E-state index in [1.807, 2.05) is 31.6 Å². The molecule has 0 atom stereocenters. The van der Waals surface area contributed by atoms with E-state index in [0.29, 0.717) is 0 Å². The summed E-state index contributed by atoms with van der Waals surface area (Å²) in [7, 11) is 0. The first-order valence-corrected chi connectivity index (χ1v) is 8.45. The first-order valence-electron chi connectivity index (χ1n) is 7.22. The Morgan fingerprint density at radius 2 is 2.05 bits per heavy atom. The summed E-state index contributed by atoms with van der Waals surface area (Å²) in [5.41, 5.74) is 5.24. The fourth-order valence-corrected chi connectivity index (χ4v) is 2.80. The zero-order chi connectivity index (χ0) is 15.5. The SMILES string of the molecule is CCc1nc(-c2cc(-c3cncc(SC)c3)ccn2)[nH]c1C. The Balaban J connectivity index is 2.01. The topological polar surface area (TPSA) is 54.5 Å². The molecular weight excluding hydrogens is 292 g/mol. The zero-order valence-corrected chi connectivity index (χ0v) is 13.7. The summed E-state index contributed by atoms with van der Waals surface area (Å²) in [6, 6.07) is 6.20. The van der Waals surface area contributed by atoms with Crippen molar-refractivity contribution in [1.29, 1.82) is 0 Å². The van der Waals surface area contributed by atoms with Gasteiger partial charge in [0, 0.05) is 34.7 Å². The number of aromatic amines is 1. The van der Waals surface area contributed by atoms with Gasteiger partial charge >= 0.3 is 0 Å². The second kappa shape index (κ2) is 6.32. The minimum Gasteiger partial charge on any atom is -0.341 e. The van der Waals surface area contributed by atoms with E-state index in [4.69, 9.17) is 0 Å². The maximum absolute atomic E-state index is 4.63. The average Bonchev–Trinajstić information content (AvgIpc) is 2.96. The Morgan fingerprint density at radius 3 is 2.77 bits per heavy atom. The van der Waals surface area contributed by atoms with Crippen LogP contribution in [-0.2, 0) is 6.42 Å². The minimum absolute atomic E-state index is 0.824. The first kappa shape index (κ1) is 14.8. The van der Waals surface area contributed by atoms with Crippen LogP contribution in [-0.4, -0.2) is 26.2 Å². The maximum atomic E-state index is 4.63. The number of nitrogens with zero attached hydrogens (tertiary/aromatic N) is 3. The molecule has 1 N–H and O–H groups in total. The Hall–Kier alpha value is -2.14. The molecule has 0 spiro atoms. The third-order valence-electron chi connectivity index (χ3n) is 3.61. The van der Waals surface area contributed by atoms with E-state index < -0.39 is 0 Å². The first-order chi connectivity index (χ1) is 10.7. The number of hydrogen-bond donors (Lipinski definition) is 1. The van der Waals surface area contributed by atoms with E-state index >= 15 is 0 Å². The van der Waals surface area contributed by atoms with Crippen LogP contribution >= 0.6 is 11.8 Å². The van der Waals surface area contributed by atoms with Crippen LogP contribution in [0.25, 0.3) is 22.6 Å². The maximum Gasteiger partial charge on any atom is 0.156 e. The Labute approximate surface area is 134 Å². The highest BCUT2D eigenvalue weighted by Crippen LogP contribution is 2.26. The van der Waals surface area contributed by atoms with Gasteiger partial charge in [-0.2, -0.15) is 0 Å². The minimum atomic E-state index is 0.824. The molecule has 0 fully saturated rings. The third-order valence-corrected chi connectivity index (χ3v) is 4.30. The van der Waals surface area contributed by atoms with Gasteiger partial charge in [-0.3, -0.25) is 9.97 Å². The molecule has 4 nitrogen and oxygen atoms in total. The molecule has 3 aromatic heterocycles. The molecule has 0 amide bonds. The number of nitrogens with one attached hydrogen (secondary N) is 1. The van der Waals surface area contributed by atoms with Crippen LogP contribution in [0.1, 0.15) is 18.3 Å². The summed E-state index contributed by atoms with van der Waals surface area (Å²) in [4.78, 5) is 17.8. The normalized spacial score (nSPS) is 10.9. The zero-order valence-electron chi connectivity index (χ0n) is 12.9. The van der Waals surface area contributed by atoms with Crippen LogP contribution in [0.2, 0.25) is 0 Å². The monoisotopic (exact) mass is 310 g/mol. The molecular formula is C17H18N4S. The van der Waals surface area contributed by atoms with E-state index in [9.17, 15) is 0 Å². The van der Waals surface area contributed by atoms with Crippen molar-refractivity contribution in [3.8, 4) is 22.6 Å². The van der Waals surface area contributed by atoms with Gasteiger partial charge in [0.25, 0.3) is 0 Å². The van der Waals surface area contributed by atoms with Gasteiger partial charge in [0.2, 0.25) is 0 Å². The van der Waals surface area contributed by atoms with Crippen LogP contribution in [0.5, 0.6) is 0 Å². The predicted molar refractivity (Wildman–Crippen MR) is 90.9 cm³/mol. The predicted octanol–water partition coefficient (Wildman–Crippen LogP) is 4.13. The standard InChI is InChI=1S/C17H18N4S/c1-4-15-11(2)20-17(21-15)16-8-12(5-6-19-16)13-7-14(22-3)10-18-9-13/h5-10H,4H2,1-3H3,(H,20,21). The van der Waals surface area contributed by atoms with Crippen molar-refractivity contribution in [2.45, 2.75) is 25.2 Å². The highest BCUT2D eigenvalue weighted by Gasteiger charge is 2.09. The van der Waals surface area contributed by atoms with Crippen LogP contribution < -0.4 is 0 Å². The highest BCUT2D eigenvalue weighted by molar-refractivity contribution is 7.98. The molecule has 0 bridgehead atoms. The number of thioether (sulfide) groups is 1. The van der Waals surface area contributed by atoms with E-state index in [1.54, 1.807) is 11.8 Å². The van der Waals surface area contributed by atoms with Crippen molar-refractivity contribution in [2.75, 3.05) is 6.26 Å². The van der Waals surface area contributed by atoms with Gasteiger partial charge in [-0.25, -0.2) is 4.98 Å². The average molecular weight is 310 g/mol. The largest absolute Gasteiger partial charge is 0.341 e. The molecule has 0 saturated carbocycles. The molecule has 22 heavy (non-hydrogen) atoms. The van der Waals surface area contributed by atoms with Crippen LogP contribution in [0.3, 0.4) is 0 Å². The number of H-pyrrole nitrogens is 1. The summed E-state index contributed by atoms with van der Waals surface area (Å²) < 4.78 is 0. The smallest absolute Gasteiger partial charge is 0.156 e. The summed E-state index contributed by atoms with van der Waals surface area (Å²) in [6.45, 7) is 4.15. The fourth-order valence-electron chi connectivity index (χ4n) is 2.39. The molecule has 3 aromatic rings. The van der Waals surface area contributed by atoms with Gasteiger partial charge in [0.05, 0.1) is 5.69 Å². The summed E-state index contributed by atoms with van der Waals surface area (Å²) in [5, 5.41) is 0. The van der Waals surface area contributed by atoms with E-state index in [-0.39, 0.29) is 0 Å². The molecule has 3 rings (SSSR count). The molecule has 112 valence electrons. The number of aromatic nitrogens is 4. The number of rotatable bonds is 4. The van der Waals surface area contributed by atoms with Gasteiger partial charge in [0.15, 0.2) is 5.82 Å². The van der Waals surface area contributed by atoms with Crippen molar-refractivity contribution >= 4 is 11.8 Å². The summed E-state index contributed by atoms with van der Waals surface area (Å²) in [5.74, 6) is 0.824. The fraction of sp³-hybridized carbons (Fsp3) is 0.235. The Kier molecular flexibility index (Phi) is 4.24. The molecule has 0 aliphatic heterocycles. The molecule has 0 aliphatic rings. The molecule has 0 unspecified atom stereocenters. The Morgan fingerprint density at radius 1 is 1.18 bits per heavy atom. The second-order valence-corrected chi connectivity index (χ2v) is 5.93. The lowest BCUT2D eigenvalue weighted by Gasteiger charge is -2.04. The molecule has 0 aliphatic carbocycles.